The highest BCUT2D eigenvalue weighted by Crippen LogP contribution is 2.37. The standard InChI is InChI=1S/C20H20N4OS/c1-13-16(12-21)26-20-17(13)19(24-10-4-3-5-11-24)22-18(23-20)14-6-8-15(25-2)9-7-14/h6-9H,3-5,10-11H2,1-2H3. The van der Waals surface area contributed by atoms with Gasteiger partial charge in [0, 0.05) is 18.7 Å². The third-order valence-corrected chi connectivity index (χ3v) is 5.97. The van der Waals surface area contributed by atoms with Crippen LogP contribution in [-0.2, 0) is 0 Å². The third kappa shape index (κ3) is 2.89. The van der Waals surface area contributed by atoms with Crippen molar-refractivity contribution < 1.29 is 4.74 Å². The molecular formula is C20H20N4OS. The zero-order valence-electron chi connectivity index (χ0n) is 15.0. The van der Waals surface area contributed by atoms with Crippen molar-refractivity contribution in [2.24, 2.45) is 0 Å². The summed E-state index contributed by atoms with van der Waals surface area (Å²) in [7, 11) is 1.66. The molecule has 0 unspecified atom stereocenters. The lowest BCUT2D eigenvalue weighted by Gasteiger charge is -2.28. The summed E-state index contributed by atoms with van der Waals surface area (Å²) in [5, 5.41) is 10.5. The maximum absolute atomic E-state index is 9.45. The van der Waals surface area contributed by atoms with Crippen molar-refractivity contribution in [3.63, 3.8) is 0 Å². The maximum Gasteiger partial charge on any atom is 0.163 e. The lowest BCUT2D eigenvalue weighted by atomic mass is 10.1. The molecule has 4 rings (SSSR count). The highest BCUT2D eigenvalue weighted by atomic mass is 32.1. The van der Waals surface area contributed by atoms with E-state index in [1.807, 2.05) is 31.2 Å². The van der Waals surface area contributed by atoms with Gasteiger partial charge in [0.15, 0.2) is 5.82 Å². The average molecular weight is 364 g/mol. The molecule has 26 heavy (non-hydrogen) atoms. The number of aryl methyl sites for hydroxylation is 1. The van der Waals surface area contributed by atoms with Crippen LogP contribution in [0, 0.1) is 18.3 Å². The van der Waals surface area contributed by atoms with Crippen LogP contribution in [0.3, 0.4) is 0 Å². The minimum atomic E-state index is 0.700. The van der Waals surface area contributed by atoms with Crippen LogP contribution in [0.25, 0.3) is 21.6 Å². The predicted molar refractivity (Wildman–Crippen MR) is 105 cm³/mol. The van der Waals surface area contributed by atoms with Gasteiger partial charge in [-0.1, -0.05) is 0 Å². The quantitative estimate of drug-likeness (QED) is 0.683. The molecule has 1 aliphatic rings. The molecule has 5 nitrogen and oxygen atoms in total. The van der Waals surface area contributed by atoms with Gasteiger partial charge >= 0.3 is 0 Å². The van der Waals surface area contributed by atoms with Gasteiger partial charge < -0.3 is 9.64 Å². The molecule has 3 aromatic rings. The Hall–Kier alpha value is -2.65. The van der Waals surface area contributed by atoms with E-state index in [1.54, 1.807) is 7.11 Å². The number of fused-ring (bicyclic) bond motifs is 1. The summed E-state index contributed by atoms with van der Waals surface area (Å²) in [4.78, 5) is 13.7. The smallest absolute Gasteiger partial charge is 0.163 e. The molecule has 0 radical (unpaired) electrons. The van der Waals surface area contributed by atoms with Crippen molar-refractivity contribution in [1.82, 2.24) is 9.97 Å². The molecule has 1 fully saturated rings. The monoisotopic (exact) mass is 364 g/mol. The molecule has 6 heteroatoms. The lowest BCUT2D eigenvalue weighted by Crippen LogP contribution is -2.30. The van der Waals surface area contributed by atoms with Gasteiger partial charge in [0.1, 0.15) is 27.3 Å². The molecule has 0 saturated carbocycles. The van der Waals surface area contributed by atoms with Crippen LogP contribution in [0.2, 0.25) is 0 Å². The lowest BCUT2D eigenvalue weighted by molar-refractivity contribution is 0.415. The van der Waals surface area contributed by atoms with Crippen LogP contribution in [0.15, 0.2) is 24.3 Å². The minimum absolute atomic E-state index is 0.700. The second kappa shape index (κ2) is 6.93. The fraction of sp³-hybridized carbons (Fsp3) is 0.350. The van der Waals surface area contributed by atoms with Crippen molar-refractivity contribution in [1.29, 1.82) is 5.26 Å². The van der Waals surface area contributed by atoms with Gasteiger partial charge in [0.25, 0.3) is 0 Å². The number of hydrogen-bond acceptors (Lipinski definition) is 6. The van der Waals surface area contributed by atoms with Crippen LogP contribution in [0.5, 0.6) is 5.75 Å². The first kappa shape index (κ1) is 16.8. The number of piperidine rings is 1. The number of aromatic nitrogens is 2. The van der Waals surface area contributed by atoms with E-state index in [0.717, 1.165) is 50.9 Å². The first-order valence-electron chi connectivity index (χ1n) is 8.82. The number of nitriles is 1. The van der Waals surface area contributed by atoms with Crippen LogP contribution in [0.1, 0.15) is 29.7 Å². The minimum Gasteiger partial charge on any atom is -0.497 e. The zero-order valence-corrected chi connectivity index (χ0v) is 15.8. The molecule has 0 amide bonds. The van der Waals surface area contributed by atoms with E-state index in [1.165, 1.54) is 30.6 Å². The Morgan fingerprint density at radius 3 is 2.50 bits per heavy atom. The Kier molecular flexibility index (Phi) is 4.48. The van der Waals surface area contributed by atoms with E-state index < -0.39 is 0 Å². The van der Waals surface area contributed by atoms with Crippen molar-refractivity contribution >= 4 is 27.4 Å². The topological polar surface area (TPSA) is 62.0 Å². The number of benzene rings is 1. The molecule has 1 aliphatic heterocycles. The highest BCUT2D eigenvalue weighted by Gasteiger charge is 2.22. The van der Waals surface area contributed by atoms with Crippen LogP contribution in [0.4, 0.5) is 5.82 Å². The molecule has 132 valence electrons. The Labute approximate surface area is 156 Å². The van der Waals surface area contributed by atoms with Gasteiger partial charge in [-0.25, -0.2) is 9.97 Å². The van der Waals surface area contributed by atoms with Crippen LogP contribution >= 0.6 is 11.3 Å². The molecule has 0 aliphatic carbocycles. The number of methoxy groups -OCH3 is 1. The van der Waals surface area contributed by atoms with Gasteiger partial charge in [0.2, 0.25) is 0 Å². The summed E-state index contributed by atoms with van der Waals surface area (Å²) in [5.41, 5.74) is 1.95. The van der Waals surface area contributed by atoms with Crippen molar-refractivity contribution in [2.45, 2.75) is 26.2 Å². The number of anilines is 1. The Morgan fingerprint density at radius 1 is 1.12 bits per heavy atom. The molecule has 1 saturated heterocycles. The molecule has 0 bridgehead atoms. The highest BCUT2D eigenvalue weighted by molar-refractivity contribution is 7.19. The summed E-state index contributed by atoms with van der Waals surface area (Å²) in [6.45, 7) is 4.01. The summed E-state index contributed by atoms with van der Waals surface area (Å²) in [5.74, 6) is 2.48. The van der Waals surface area contributed by atoms with E-state index in [4.69, 9.17) is 14.7 Å². The summed E-state index contributed by atoms with van der Waals surface area (Å²) in [6.07, 6.45) is 3.62. The number of nitrogens with zero attached hydrogens (tertiary/aromatic N) is 4. The van der Waals surface area contributed by atoms with Gasteiger partial charge in [-0.15, -0.1) is 11.3 Å². The normalized spacial score (nSPS) is 14.4. The van der Waals surface area contributed by atoms with Crippen LogP contribution < -0.4 is 9.64 Å². The fourth-order valence-electron chi connectivity index (χ4n) is 3.43. The van der Waals surface area contributed by atoms with E-state index in [9.17, 15) is 5.26 Å². The zero-order chi connectivity index (χ0) is 18.1. The molecule has 3 heterocycles. The second-order valence-electron chi connectivity index (χ2n) is 6.50. The number of thiophene rings is 1. The van der Waals surface area contributed by atoms with E-state index in [2.05, 4.69) is 11.0 Å². The van der Waals surface area contributed by atoms with Gasteiger partial charge in [-0.2, -0.15) is 5.26 Å². The van der Waals surface area contributed by atoms with Gasteiger partial charge in [-0.3, -0.25) is 0 Å². The molecule has 0 atom stereocenters. The largest absolute Gasteiger partial charge is 0.497 e. The number of hydrogen-bond donors (Lipinski definition) is 0. The number of ether oxygens (including phenoxy) is 1. The van der Waals surface area contributed by atoms with Crippen molar-refractivity contribution in [3.05, 3.63) is 34.7 Å². The predicted octanol–water partition coefficient (Wildman–Crippen LogP) is 4.54. The summed E-state index contributed by atoms with van der Waals surface area (Å²) in [6, 6.07) is 10.1. The fourth-order valence-corrected chi connectivity index (χ4v) is 4.40. The first-order chi connectivity index (χ1) is 12.7. The van der Waals surface area contributed by atoms with Crippen molar-refractivity contribution in [3.8, 4) is 23.2 Å². The van der Waals surface area contributed by atoms with Crippen LogP contribution in [-0.4, -0.2) is 30.2 Å². The molecule has 1 aromatic carbocycles. The van der Waals surface area contributed by atoms with Gasteiger partial charge in [-0.05, 0) is 56.0 Å². The third-order valence-electron chi connectivity index (χ3n) is 4.88. The maximum atomic E-state index is 9.45. The SMILES string of the molecule is COc1ccc(-c2nc(N3CCCCC3)c3c(C)c(C#N)sc3n2)cc1. The molecule has 0 spiro atoms. The van der Waals surface area contributed by atoms with Crippen molar-refractivity contribution in [2.75, 3.05) is 25.1 Å². The molecule has 2 aromatic heterocycles. The Bertz CT molecular complexity index is 982. The second-order valence-corrected chi connectivity index (χ2v) is 7.49. The summed E-state index contributed by atoms with van der Waals surface area (Å²) >= 11 is 1.45. The van der Waals surface area contributed by atoms with E-state index in [-0.39, 0.29) is 0 Å². The number of rotatable bonds is 3. The van der Waals surface area contributed by atoms with Gasteiger partial charge in [0.05, 0.1) is 12.5 Å². The molecular weight excluding hydrogens is 344 g/mol. The Balaban J connectivity index is 1.90. The Morgan fingerprint density at radius 2 is 1.85 bits per heavy atom. The van der Waals surface area contributed by atoms with E-state index >= 15 is 0 Å². The summed E-state index contributed by atoms with van der Waals surface area (Å²) < 4.78 is 5.24. The average Bonchev–Trinajstić information content (AvgIpc) is 3.04. The first-order valence-corrected chi connectivity index (χ1v) is 9.63. The molecule has 0 N–H and O–H groups in total. The van der Waals surface area contributed by atoms with E-state index in [0.29, 0.717) is 5.82 Å².